The summed E-state index contributed by atoms with van der Waals surface area (Å²) in [6, 6.07) is 8.64. The van der Waals surface area contributed by atoms with Crippen LogP contribution in [0.25, 0.3) is 0 Å². The molecule has 1 aliphatic rings. The molecule has 0 radical (unpaired) electrons. The average molecular weight is 353 g/mol. The molecule has 1 aromatic carbocycles. The van der Waals surface area contributed by atoms with Crippen molar-refractivity contribution in [3.05, 3.63) is 34.3 Å². The lowest BCUT2D eigenvalue weighted by Gasteiger charge is -2.30. The molecule has 1 aromatic rings. The second-order valence-corrected chi connectivity index (χ2v) is 7.20. The fourth-order valence-electron chi connectivity index (χ4n) is 3.14. The third kappa shape index (κ3) is 4.55. The predicted molar refractivity (Wildman–Crippen MR) is 90.2 cm³/mol. The van der Waals surface area contributed by atoms with E-state index in [1.807, 2.05) is 6.92 Å². The third-order valence-electron chi connectivity index (χ3n) is 4.47. The van der Waals surface area contributed by atoms with Gasteiger partial charge in [-0.15, -0.1) is 0 Å². The molecule has 116 valence electrons. The molecule has 0 saturated heterocycles. The predicted octanol–water partition coefficient (Wildman–Crippen LogP) is 3.50. The standard InChI is InChI=1S/C17H25BrN2O/c1-13(19)4-9-16(21)20-12-17(10-2-3-11-17)14-5-7-15(18)8-6-14/h5-8,13H,2-4,9-12,19H2,1H3,(H,20,21). The molecule has 0 aromatic heterocycles. The lowest BCUT2D eigenvalue weighted by molar-refractivity contribution is -0.121. The summed E-state index contributed by atoms with van der Waals surface area (Å²) in [6.07, 6.45) is 6.06. The molecule has 0 bridgehead atoms. The Balaban J connectivity index is 1.99. The molecule has 1 fully saturated rings. The van der Waals surface area contributed by atoms with Crippen molar-refractivity contribution in [2.45, 2.75) is 56.9 Å². The average Bonchev–Trinajstić information content (AvgIpc) is 2.93. The molecule has 3 N–H and O–H groups in total. The van der Waals surface area contributed by atoms with Crippen LogP contribution < -0.4 is 11.1 Å². The van der Waals surface area contributed by atoms with Crippen molar-refractivity contribution in [2.24, 2.45) is 5.73 Å². The number of hydrogen-bond acceptors (Lipinski definition) is 2. The van der Waals surface area contributed by atoms with Gasteiger partial charge in [0.15, 0.2) is 0 Å². The molecular formula is C17H25BrN2O. The molecule has 4 heteroatoms. The summed E-state index contributed by atoms with van der Waals surface area (Å²) < 4.78 is 1.10. The number of nitrogens with one attached hydrogen (secondary N) is 1. The first kappa shape index (κ1) is 16.5. The van der Waals surface area contributed by atoms with Gasteiger partial charge in [-0.3, -0.25) is 4.79 Å². The van der Waals surface area contributed by atoms with Gasteiger partial charge in [-0.25, -0.2) is 0 Å². The smallest absolute Gasteiger partial charge is 0.220 e. The highest BCUT2D eigenvalue weighted by Crippen LogP contribution is 2.40. The maximum atomic E-state index is 12.0. The zero-order valence-corrected chi connectivity index (χ0v) is 14.3. The van der Waals surface area contributed by atoms with Crippen LogP contribution in [-0.4, -0.2) is 18.5 Å². The van der Waals surface area contributed by atoms with Crippen molar-refractivity contribution in [3.63, 3.8) is 0 Å². The number of rotatable bonds is 6. The molecule has 1 unspecified atom stereocenters. The summed E-state index contributed by atoms with van der Waals surface area (Å²) in [6.45, 7) is 2.68. The lowest BCUT2D eigenvalue weighted by Crippen LogP contribution is -2.39. The first-order valence-electron chi connectivity index (χ1n) is 7.80. The molecule has 0 aliphatic heterocycles. The Labute approximate surface area is 135 Å². The Hall–Kier alpha value is -0.870. The van der Waals surface area contributed by atoms with Crippen LogP contribution in [0.2, 0.25) is 0 Å². The van der Waals surface area contributed by atoms with E-state index in [1.54, 1.807) is 0 Å². The van der Waals surface area contributed by atoms with E-state index in [9.17, 15) is 4.79 Å². The number of halogens is 1. The van der Waals surface area contributed by atoms with Crippen LogP contribution in [0.3, 0.4) is 0 Å². The van der Waals surface area contributed by atoms with E-state index < -0.39 is 0 Å². The highest BCUT2D eigenvalue weighted by Gasteiger charge is 2.35. The Kier molecular flexibility index (Phi) is 5.82. The molecule has 1 aliphatic carbocycles. The molecule has 0 heterocycles. The van der Waals surface area contributed by atoms with Gasteiger partial charge < -0.3 is 11.1 Å². The van der Waals surface area contributed by atoms with Gasteiger partial charge in [0.05, 0.1) is 0 Å². The Morgan fingerprint density at radius 3 is 2.52 bits per heavy atom. The number of carbonyl (C=O) groups is 1. The minimum absolute atomic E-state index is 0.0858. The van der Waals surface area contributed by atoms with Gasteiger partial charge in [0.25, 0.3) is 0 Å². The summed E-state index contributed by atoms with van der Waals surface area (Å²) in [4.78, 5) is 12.0. The van der Waals surface area contributed by atoms with Crippen molar-refractivity contribution < 1.29 is 4.79 Å². The number of carbonyl (C=O) groups excluding carboxylic acids is 1. The first-order chi connectivity index (χ1) is 10.0. The van der Waals surface area contributed by atoms with Crippen LogP contribution in [0.4, 0.5) is 0 Å². The Morgan fingerprint density at radius 2 is 1.95 bits per heavy atom. The minimum Gasteiger partial charge on any atom is -0.355 e. The van der Waals surface area contributed by atoms with E-state index >= 15 is 0 Å². The van der Waals surface area contributed by atoms with Crippen LogP contribution in [-0.2, 0) is 10.2 Å². The van der Waals surface area contributed by atoms with Gasteiger partial charge in [0, 0.05) is 28.9 Å². The Morgan fingerprint density at radius 1 is 1.33 bits per heavy atom. The van der Waals surface area contributed by atoms with Gasteiger partial charge in [-0.05, 0) is 43.9 Å². The quantitative estimate of drug-likeness (QED) is 0.822. The number of benzene rings is 1. The first-order valence-corrected chi connectivity index (χ1v) is 8.59. The lowest BCUT2D eigenvalue weighted by atomic mass is 9.79. The minimum atomic E-state index is 0.0858. The molecule has 1 amide bonds. The molecule has 1 atom stereocenters. The summed E-state index contributed by atoms with van der Waals surface area (Å²) in [5, 5.41) is 3.13. The SMILES string of the molecule is CC(N)CCC(=O)NCC1(c2ccc(Br)cc2)CCCC1. The van der Waals surface area contributed by atoms with Crippen molar-refractivity contribution in [1.82, 2.24) is 5.32 Å². The summed E-state index contributed by atoms with van der Waals surface area (Å²) in [5.74, 6) is 0.121. The second kappa shape index (κ2) is 7.41. The van der Waals surface area contributed by atoms with Gasteiger partial charge >= 0.3 is 0 Å². The molecule has 21 heavy (non-hydrogen) atoms. The van der Waals surface area contributed by atoms with Crippen LogP contribution in [0.15, 0.2) is 28.7 Å². The zero-order chi connectivity index (χ0) is 15.3. The van der Waals surface area contributed by atoms with E-state index in [4.69, 9.17) is 5.73 Å². The highest BCUT2D eigenvalue weighted by atomic mass is 79.9. The summed E-state index contributed by atoms with van der Waals surface area (Å²) >= 11 is 3.49. The second-order valence-electron chi connectivity index (χ2n) is 6.29. The maximum absolute atomic E-state index is 12.0. The van der Waals surface area contributed by atoms with Crippen LogP contribution in [0.5, 0.6) is 0 Å². The van der Waals surface area contributed by atoms with Crippen LogP contribution >= 0.6 is 15.9 Å². The monoisotopic (exact) mass is 352 g/mol. The summed E-state index contributed by atoms with van der Waals surface area (Å²) in [5.41, 5.74) is 7.16. The van der Waals surface area contributed by atoms with Gasteiger partial charge in [0.2, 0.25) is 5.91 Å². The fraction of sp³-hybridized carbons (Fsp3) is 0.588. The highest BCUT2D eigenvalue weighted by molar-refractivity contribution is 9.10. The van der Waals surface area contributed by atoms with Gasteiger partial charge in [-0.2, -0.15) is 0 Å². The largest absolute Gasteiger partial charge is 0.355 e. The molecule has 0 spiro atoms. The molecular weight excluding hydrogens is 328 g/mol. The number of hydrogen-bond donors (Lipinski definition) is 2. The topological polar surface area (TPSA) is 55.1 Å². The molecule has 2 rings (SSSR count). The van der Waals surface area contributed by atoms with Crippen LogP contribution in [0.1, 0.15) is 51.0 Å². The van der Waals surface area contributed by atoms with Crippen molar-refractivity contribution in [3.8, 4) is 0 Å². The third-order valence-corrected chi connectivity index (χ3v) is 5.00. The van der Waals surface area contributed by atoms with Crippen LogP contribution in [0, 0.1) is 0 Å². The van der Waals surface area contributed by atoms with Gasteiger partial charge in [-0.1, -0.05) is 40.9 Å². The van der Waals surface area contributed by atoms with Crippen molar-refractivity contribution in [2.75, 3.05) is 6.54 Å². The van der Waals surface area contributed by atoms with E-state index in [0.717, 1.165) is 30.3 Å². The number of nitrogens with two attached hydrogens (primary N) is 1. The van der Waals surface area contributed by atoms with E-state index in [2.05, 4.69) is 45.5 Å². The van der Waals surface area contributed by atoms with Gasteiger partial charge in [0.1, 0.15) is 0 Å². The van der Waals surface area contributed by atoms with E-state index in [-0.39, 0.29) is 17.4 Å². The number of amides is 1. The van der Waals surface area contributed by atoms with E-state index in [0.29, 0.717) is 6.42 Å². The zero-order valence-electron chi connectivity index (χ0n) is 12.7. The van der Waals surface area contributed by atoms with Crippen molar-refractivity contribution >= 4 is 21.8 Å². The summed E-state index contributed by atoms with van der Waals surface area (Å²) in [7, 11) is 0. The van der Waals surface area contributed by atoms with E-state index in [1.165, 1.54) is 18.4 Å². The normalized spacial score (nSPS) is 18.4. The molecule has 1 saturated carbocycles. The Bertz CT molecular complexity index is 464. The fourth-order valence-corrected chi connectivity index (χ4v) is 3.40. The van der Waals surface area contributed by atoms with Crippen molar-refractivity contribution in [1.29, 1.82) is 0 Å². The maximum Gasteiger partial charge on any atom is 0.220 e. The molecule has 3 nitrogen and oxygen atoms in total.